The molecule has 18 heavy (non-hydrogen) atoms. The van der Waals surface area contributed by atoms with Crippen molar-refractivity contribution in [3.05, 3.63) is 23.1 Å². The van der Waals surface area contributed by atoms with Crippen molar-refractivity contribution in [2.24, 2.45) is 4.99 Å². The van der Waals surface area contributed by atoms with E-state index < -0.39 is 0 Å². The molecule has 0 unspecified atom stereocenters. The molecule has 0 spiro atoms. The van der Waals surface area contributed by atoms with Gasteiger partial charge in [0.1, 0.15) is 5.69 Å². The summed E-state index contributed by atoms with van der Waals surface area (Å²) in [7, 11) is 1.49. The molecule has 2 aromatic rings. The predicted octanol–water partition coefficient (Wildman–Crippen LogP) is 2.01. The molecule has 1 N–H and O–H groups in total. The van der Waals surface area contributed by atoms with E-state index in [0.717, 1.165) is 22.7 Å². The second-order valence-corrected chi connectivity index (χ2v) is 4.52. The van der Waals surface area contributed by atoms with Crippen molar-refractivity contribution in [2.75, 3.05) is 7.11 Å². The minimum Gasteiger partial charge on any atom is -0.498 e. The number of aryl methyl sites for hydroxylation is 2. The third-order valence-corrected chi connectivity index (χ3v) is 2.90. The fourth-order valence-corrected chi connectivity index (χ4v) is 1.95. The molecule has 0 atom stereocenters. The second-order valence-electron chi connectivity index (χ2n) is 3.58. The zero-order chi connectivity index (χ0) is 13.1. The summed E-state index contributed by atoms with van der Waals surface area (Å²) in [5, 5.41) is 10.0. The topological polar surface area (TPSA) is 80.5 Å². The van der Waals surface area contributed by atoms with Gasteiger partial charge in [0, 0.05) is 11.4 Å². The van der Waals surface area contributed by atoms with Gasteiger partial charge in [-0.2, -0.15) is 4.98 Å². The number of rotatable bonds is 3. The van der Waals surface area contributed by atoms with Crippen LogP contribution in [0.3, 0.4) is 0 Å². The van der Waals surface area contributed by atoms with Crippen LogP contribution < -0.4 is 4.74 Å². The molecule has 0 fully saturated rings. The van der Waals surface area contributed by atoms with Crippen molar-refractivity contribution in [3.63, 3.8) is 0 Å². The lowest BCUT2D eigenvalue weighted by molar-refractivity contribution is 0.411. The summed E-state index contributed by atoms with van der Waals surface area (Å²) in [6.07, 6.45) is 1.42. The van der Waals surface area contributed by atoms with Gasteiger partial charge in [-0.1, -0.05) is 0 Å². The first kappa shape index (κ1) is 12.4. The summed E-state index contributed by atoms with van der Waals surface area (Å²) in [4.78, 5) is 16.4. The summed E-state index contributed by atoms with van der Waals surface area (Å²) in [6.45, 7) is 3.74. The van der Waals surface area contributed by atoms with Crippen LogP contribution in [0.1, 0.15) is 17.1 Å². The zero-order valence-electron chi connectivity index (χ0n) is 10.2. The second kappa shape index (κ2) is 5.09. The average molecular weight is 264 g/mol. The van der Waals surface area contributed by atoms with E-state index in [1.807, 2.05) is 19.9 Å². The Bertz CT molecular complexity index is 574. The first-order valence-corrected chi connectivity index (χ1v) is 6.00. The molecule has 0 aromatic carbocycles. The molecule has 2 heterocycles. The Morgan fingerprint density at radius 1 is 1.28 bits per heavy atom. The summed E-state index contributed by atoms with van der Waals surface area (Å²) >= 11 is 1.05. The van der Waals surface area contributed by atoms with E-state index in [1.54, 1.807) is 0 Å². The Balaban J connectivity index is 2.26. The van der Waals surface area contributed by atoms with Crippen LogP contribution in [0.5, 0.6) is 10.3 Å². The number of nitrogens with zero attached hydrogens (tertiary/aromatic N) is 4. The number of aromatic hydroxyl groups is 1. The minimum atomic E-state index is 0.0555. The van der Waals surface area contributed by atoms with E-state index in [2.05, 4.69) is 19.9 Å². The Hall–Kier alpha value is -2.02. The number of ether oxygens (including phenoxy) is 1. The van der Waals surface area contributed by atoms with E-state index in [9.17, 15) is 5.11 Å². The maximum absolute atomic E-state index is 9.59. The monoisotopic (exact) mass is 264 g/mol. The highest BCUT2D eigenvalue weighted by molar-refractivity contribution is 7.15. The van der Waals surface area contributed by atoms with Gasteiger partial charge < -0.3 is 9.84 Å². The highest BCUT2D eigenvalue weighted by Gasteiger charge is 2.08. The fourth-order valence-electron chi connectivity index (χ4n) is 1.36. The fraction of sp³-hybridized carbons (Fsp3) is 0.273. The van der Waals surface area contributed by atoms with Gasteiger partial charge in [-0.05, 0) is 31.3 Å². The molecular formula is C11H12N4O2S. The van der Waals surface area contributed by atoms with Crippen molar-refractivity contribution in [2.45, 2.75) is 13.8 Å². The van der Waals surface area contributed by atoms with Gasteiger partial charge in [-0.3, -0.25) is 0 Å². The van der Waals surface area contributed by atoms with Gasteiger partial charge >= 0.3 is 0 Å². The Labute approximate surface area is 108 Å². The smallest absolute Gasteiger partial charge is 0.277 e. The van der Waals surface area contributed by atoms with E-state index in [0.29, 0.717) is 16.8 Å². The molecule has 0 aliphatic heterocycles. The molecule has 0 radical (unpaired) electrons. The summed E-state index contributed by atoms with van der Waals surface area (Å²) in [5.41, 5.74) is 2.03. The molecule has 6 nitrogen and oxygen atoms in total. The van der Waals surface area contributed by atoms with Gasteiger partial charge in [-0.25, -0.2) is 15.0 Å². The molecule has 0 saturated carbocycles. The normalized spacial score (nSPS) is 11.1. The largest absolute Gasteiger partial charge is 0.498 e. The standard InChI is InChI=1S/C11H12N4O2S/c1-6-4-7(2)14-10(13-6)12-5-8-9(16)18-11(15-8)17-3/h4-5,16H,1-3H3/b12-5+. The van der Waals surface area contributed by atoms with Crippen LogP contribution in [-0.4, -0.2) is 33.4 Å². The molecule has 0 saturated heterocycles. The summed E-state index contributed by atoms with van der Waals surface area (Å²) in [6, 6.07) is 1.86. The van der Waals surface area contributed by atoms with Crippen molar-refractivity contribution >= 4 is 23.5 Å². The highest BCUT2D eigenvalue weighted by Crippen LogP contribution is 2.29. The lowest BCUT2D eigenvalue weighted by atomic mass is 10.4. The number of thiazole rings is 1. The number of hydrogen-bond donors (Lipinski definition) is 1. The lowest BCUT2D eigenvalue weighted by Crippen LogP contribution is -1.90. The molecular weight excluding hydrogens is 252 g/mol. The number of aliphatic imine (C=N–C) groups is 1. The highest BCUT2D eigenvalue weighted by atomic mass is 32.1. The van der Waals surface area contributed by atoms with Crippen LogP contribution in [0, 0.1) is 13.8 Å². The molecule has 2 rings (SSSR count). The van der Waals surface area contributed by atoms with Crippen LogP contribution in [0.25, 0.3) is 0 Å². The van der Waals surface area contributed by atoms with Crippen molar-refractivity contribution in [1.29, 1.82) is 0 Å². The molecule has 7 heteroatoms. The molecule has 0 bridgehead atoms. The predicted molar refractivity (Wildman–Crippen MR) is 69.1 cm³/mol. The SMILES string of the molecule is COc1nc(/C=N/c2nc(C)cc(C)n2)c(O)s1. The van der Waals surface area contributed by atoms with Crippen molar-refractivity contribution < 1.29 is 9.84 Å². The van der Waals surface area contributed by atoms with Crippen LogP contribution in [0.2, 0.25) is 0 Å². The number of methoxy groups -OCH3 is 1. The maximum Gasteiger partial charge on any atom is 0.277 e. The van der Waals surface area contributed by atoms with Crippen LogP contribution in [0.15, 0.2) is 11.1 Å². The minimum absolute atomic E-state index is 0.0555. The van der Waals surface area contributed by atoms with E-state index in [-0.39, 0.29) is 5.06 Å². The van der Waals surface area contributed by atoms with E-state index in [4.69, 9.17) is 4.74 Å². The van der Waals surface area contributed by atoms with E-state index in [1.165, 1.54) is 13.3 Å². The van der Waals surface area contributed by atoms with Crippen LogP contribution in [0.4, 0.5) is 5.95 Å². The molecule has 0 aliphatic carbocycles. The van der Waals surface area contributed by atoms with Crippen LogP contribution in [-0.2, 0) is 0 Å². The molecule has 2 aromatic heterocycles. The zero-order valence-corrected chi connectivity index (χ0v) is 11.0. The van der Waals surface area contributed by atoms with Gasteiger partial charge in [0.2, 0.25) is 11.0 Å². The Morgan fingerprint density at radius 3 is 2.50 bits per heavy atom. The first-order chi connectivity index (χ1) is 8.58. The number of aromatic nitrogens is 3. The van der Waals surface area contributed by atoms with Crippen molar-refractivity contribution in [1.82, 2.24) is 15.0 Å². The first-order valence-electron chi connectivity index (χ1n) is 5.18. The van der Waals surface area contributed by atoms with Gasteiger partial charge in [0.05, 0.1) is 13.3 Å². The Kier molecular flexibility index (Phi) is 3.52. The van der Waals surface area contributed by atoms with E-state index >= 15 is 0 Å². The third-order valence-electron chi connectivity index (χ3n) is 2.06. The third kappa shape index (κ3) is 2.80. The average Bonchev–Trinajstić information content (AvgIpc) is 2.66. The quantitative estimate of drug-likeness (QED) is 0.858. The molecule has 0 aliphatic rings. The van der Waals surface area contributed by atoms with Gasteiger partial charge in [0.25, 0.3) is 5.19 Å². The van der Waals surface area contributed by atoms with Crippen molar-refractivity contribution in [3.8, 4) is 10.3 Å². The van der Waals surface area contributed by atoms with Crippen LogP contribution >= 0.6 is 11.3 Å². The van der Waals surface area contributed by atoms with Gasteiger partial charge in [-0.15, -0.1) is 0 Å². The number of hydrogen-bond acceptors (Lipinski definition) is 7. The lowest BCUT2D eigenvalue weighted by Gasteiger charge is -1.96. The summed E-state index contributed by atoms with van der Waals surface area (Å²) in [5.74, 6) is 0.346. The summed E-state index contributed by atoms with van der Waals surface area (Å²) < 4.78 is 4.92. The maximum atomic E-state index is 9.59. The van der Waals surface area contributed by atoms with Gasteiger partial charge in [0.15, 0.2) is 0 Å². The molecule has 0 amide bonds. The Morgan fingerprint density at radius 2 is 1.94 bits per heavy atom. The molecule has 94 valence electrons.